The first-order valence-electron chi connectivity index (χ1n) is 7.12. The second-order valence-electron chi connectivity index (χ2n) is 5.05. The highest BCUT2D eigenvalue weighted by Crippen LogP contribution is 2.25. The van der Waals surface area contributed by atoms with Gasteiger partial charge >= 0.3 is 0 Å². The SMILES string of the molecule is Cc1nc2ccc(NC(=O)/C=C/c3ccccc3[N+](=O)[O-])cc2s1. The van der Waals surface area contributed by atoms with Crippen molar-refractivity contribution < 1.29 is 9.72 Å². The van der Waals surface area contributed by atoms with Gasteiger partial charge in [0.25, 0.3) is 5.69 Å². The molecule has 3 rings (SSSR count). The molecule has 1 aromatic heterocycles. The maximum absolute atomic E-state index is 12.0. The normalized spacial score (nSPS) is 11.0. The molecule has 2 aromatic carbocycles. The number of nitrogens with zero attached hydrogens (tertiary/aromatic N) is 2. The molecule has 7 heteroatoms. The molecular weight excluding hydrogens is 326 g/mol. The van der Waals surface area contributed by atoms with Crippen LogP contribution in [0.4, 0.5) is 11.4 Å². The summed E-state index contributed by atoms with van der Waals surface area (Å²) in [6.07, 6.45) is 2.72. The summed E-state index contributed by atoms with van der Waals surface area (Å²) in [5.41, 5.74) is 1.89. The zero-order chi connectivity index (χ0) is 17.1. The molecule has 0 saturated heterocycles. The molecule has 0 aliphatic carbocycles. The first-order valence-corrected chi connectivity index (χ1v) is 7.94. The van der Waals surface area contributed by atoms with Crippen molar-refractivity contribution >= 4 is 44.9 Å². The van der Waals surface area contributed by atoms with Crippen LogP contribution in [0.25, 0.3) is 16.3 Å². The Balaban J connectivity index is 1.76. The number of fused-ring (bicyclic) bond motifs is 1. The van der Waals surface area contributed by atoms with Crippen molar-refractivity contribution in [1.29, 1.82) is 0 Å². The fraction of sp³-hybridized carbons (Fsp3) is 0.0588. The summed E-state index contributed by atoms with van der Waals surface area (Å²) in [5.74, 6) is -0.353. The molecule has 0 fully saturated rings. The van der Waals surface area contributed by atoms with Crippen LogP contribution in [0.3, 0.4) is 0 Å². The van der Waals surface area contributed by atoms with Crippen molar-refractivity contribution in [3.05, 3.63) is 69.2 Å². The van der Waals surface area contributed by atoms with Crippen molar-refractivity contribution in [2.45, 2.75) is 6.92 Å². The molecule has 0 saturated carbocycles. The lowest BCUT2D eigenvalue weighted by atomic mass is 10.1. The van der Waals surface area contributed by atoms with Gasteiger partial charge in [-0.25, -0.2) is 4.98 Å². The van der Waals surface area contributed by atoms with Gasteiger partial charge in [-0.15, -0.1) is 11.3 Å². The zero-order valence-electron chi connectivity index (χ0n) is 12.7. The maximum Gasteiger partial charge on any atom is 0.276 e. The van der Waals surface area contributed by atoms with E-state index in [-0.39, 0.29) is 11.6 Å². The monoisotopic (exact) mass is 339 g/mol. The number of nitro groups is 1. The number of carbonyl (C=O) groups is 1. The number of amides is 1. The molecule has 3 aromatic rings. The summed E-state index contributed by atoms with van der Waals surface area (Å²) in [6.45, 7) is 1.93. The van der Waals surface area contributed by atoms with Crippen LogP contribution < -0.4 is 5.32 Å². The molecule has 0 unspecified atom stereocenters. The average molecular weight is 339 g/mol. The second-order valence-corrected chi connectivity index (χ2v) is 6.29. The minimum Gasteiger partial charge on any atom is -0.322 e. The van der Waals surface area contributed by atoms with Crippen LogP contribution in [0.5, 0.6) is 0 Å². The molecule has 1 amide bonds. The highest BCUT2D eigenvalue weighted by Gasteiger charge is 2.10. The standard InChI is InChI=1S/C17H13N3O3S/c1-11-18-14-8-7-13(10-16(14)24-11)19-17(21)9-6-12-4-2-3-5-15(12)20(22)23/h2-10H,1H3,(H,19,21)/b9-6+. The predicted octanol–water partition coefficient (Wildman–Crippen LogP) is 4.16. The molecule has 0 aliphatic rings. The highest BCUT2D eigenvalue weighted by atomic mass is 32.1. The second kappa shape index (κ2) is 6.59. The number of aryl methyl sites for hydroxylation is 1. The molecular formula is C17H13N3O3S. The molecule has 1 N–H and O–H groups in total. The van der Waals surface area contributed by atoms with E-state index in [0.29, 0.717) is 11.3 Å². The van der Waals surface area contributed by atoms with Crippen LogP contribution in [0.1, 0.15) is 10.6 Å². The predicted molar refractivity (Wildman–Crippen MR) is 95.1 cm³/mol. The molecule has 6 nitrogen and oxygen atoms in total. The van der Waals surface area contributed by atoms with Crippen LogP contribution in [0.15, 0.2) is 48.5 Å². The molecule has 0 bridgehead atoms. The highest BCUT2D eigenvalue weighted by molar-refractivity contribution is 7.18. The van der Waals surface area contributed by atoms with Crippen LogP contribution in [-0.4, -0.2) is 15.8 Å². The van der Waals surface area contributed by atoms with Gasteiger partial charge in [0.2, 0.25) is 5.91 Å². The summed E-state index contributed by atoms with van der Waals surface area (Å²) in [4.78, 5) is 26.9. The van der Waals surface area contributed by atoms with Gasteiger partial charge in [0.1, 0.15) is 0 Å². The van der Waals surface area contributed by atoms with Crippen LogP contribution in [-0.2, 0) is 4.79 Å². The van der Waals surface area contributed by atoms with Gasteiger partial charge in [0.05, 0.1) is 25.7 Å². The molecule has 24 heavy (non-hydrogen) atoms. The fourth-order valence-corrected chi connectivity index (χ4v) is 3.13. The van der Waals surface area contributed by atoms with E-state index in [0.717, 1.165) is 15.2 Å². The minimum atomic E-state index is -0.475. The number of aromatic nitrogens is 1. The van der Waals surface area contributed by atoms with Gasteiger partial charge in [0.15, 0.2) is 0 Å². The van der Waals surface area contributed by atoms with Crippen molar-refractivity contribution in [3.63, 3.8) is 0 Å². The Morgan fingerprint density at radius 1 is 1.29 bits per heavy atom. The topological polar surface area (TPSA) is 85.1 Å². The smallest absolute Gasteiger partial charge is 0.276 e. The number of benzene rings is 2. The van der Waals surface area contributed by atoms with Gasteiger partial charge in [-0.2, -0.15) is 0 Å². The summed E-state index contributed by atoms with van der Waals surface area (Å²) < 4.78 is 0.993. The van der Waals surface area contributed by atoms with Crippen molar-refractivity contribution in [2.24, 2.45) is 0 Å². The van der Waals surface area contributed by atoms with Crippen LogP contribution in [0, 0.1) is 17.0 Å². The molecule has 0 radical (unpaired) electrons. The Bertz CT molecular complexity index is 963. The van der Waals surface area contributed by atoms with E-state index in [9.17, 15) is 14.9 Å². The van der Waals surface area contributed by atoms with E-state index < -0.39 is 4.92 Å². The van der Waals surface area contributed by atoms with Gasteiger partial charge in [0, 0.05) is 17.8 Å². The third-order valence-corrected chi connectivity index (χ3v) is 4.24. The molecule has 0 spiro atoms. The van der Waals surface area contributed by atoms with E-state index in [1.807, 2.05) is 19.1 Å². The molecule has 1 heterocycles. The number of thiazole rings is 1. The number of carbonyl (C=O) groups excluding carboxylic acids is 1. The fourth-order valence-electron chi connectivity index (χ4n) is 2.26. The van der Waals surface area contributed by atoms with Gasteiger partial charge < -0.3 is 5.32 Å². The van der Waals surface area contributed by atoms with Gasteiger partial charge in [-0.1, -0.05) is 12.1 Å². The first kappa shape index (κ1) is 15.8. The number of nitrogens with one attached hydrogen (secondary N) is 1. The number of hydrogen-bond donors (Lipinski definition) is 1. The third-order valence-electron chi connectivity index (χ3n) is 3.31. The quantitative estimate of drug-likeness (QED) is 0.439. The van der Waals surface area contributed by atoms with E-state index in [1.165, 1.54) is 18.2 Å². The number of rotatable bonds is 4. The molecule has 120 valence electrons. The van der Waals surface area contributed by atoms with Gasteiger partial charge in [-0.05, 0) is 37.3 Å². The van der Waals surface area contributed by atoms with Crippen molar-refractivity contribution in [1.82, 2.24) is 4.98 Å². The lowest BCUT2D eigenvalue weighted by Crippen LogP contribution is -2.07. The Hall–Kier alpha value is -3.06. The maximum atomic E-state index is 12.0. The largest absolute Gasteiger partial charge is 0.322 e. The van der Waals surface area contributed by atoms with E-state index in [2.05, 4.69) is 10.3 Å². The zero-order valence-corrected chi connectivity index (χ0v) is 13.5. The van der Waals surface area contributed by atoms with Crippen LogP contribution in [0.2, 0.25) is 0 Å². The minimum absolute atomic E-state index is 0.0388. The first-order chi connectivity index (χ1) is 11.5. The Labute approximate surface area is 141 Å². The number of anilines is 1. The number of hydrogen-bond acceptors (Lipinski definition) is 5. The Kier molecular flexibility index (Phi) is 4.35. The third kappa shape index (κ3) is 3.47. The van der Waals surface area contributed by atoms with E-state index in [4.69, 9.17) is 0 Å². The lowest BCUT2D eigenvalue weighted by Gasteiger charge is -2.02. The van der Waals surface area contributed by atoms with E-state index in [1.54, 1.807) is 35.6 Å². The molecule has 0 atom stereocenters. The summed E-state index contributed by atoms with van der Waals surface area (Å²) in [6, 6.07) is 11.7. The van der Waals surface area contributed by atoms with Crippen molar-refractivity contribution in [2.75, 3.05) is 5.32 Å². The van der Waals surface area contributed by atoms with Gasteiger partial charge in [-0.3, -0.25) is 14.9 Å². The molecule has 0 aliphatic heterocycles. The number of para-hydroxylation sites is 1. The summed E-state index contributed by atoms with van der Waals surface area (Å²) >= 11 is 1.55. The number of nitro benzene ring substituents is 1. The van der Waals surface area contributed by atoms with Crippen LogP contribution >= 0.6 is 11.3 Å². The summed E-state index contributed by atoms with van der Waals surface area (Å²) in [5, 5.41) is 14.7. The Morgan fingerprint density at radius 2 is 2.08 bits per heavy atom. The van der Waals surface area contributed by atoms with Crippen molar-refractivity contribution in [3.8, 4) is 0 Å². The Morgan fingerprint density at radius 3 is 2.88 bits per heavy atom. The average Bonchev–Trinajstić information content (AvgIpc) is 2.92. The van der Waals surface area contributed by atoms with E-state index >= 15 is 0 Å². The lowest BCUT2D eigenvalue weighted by molar-refractivity contribution is -0.385. The summed E-state index contributed by atoms with van der Waals surface area (Å²) in [7, 11) is 0.